The Balaban J connectivity index is 1.26. The van der Waals surface area contributed by atoms with Crippen LogP contribution in [0.3, 0.4) is 0 Å². The highest BCUT2D eigenvalue weighted by molar-refractivity contribution is 5.15. The van der Waals surface area contributed by atoms with Crippen LogP contribution < -0.4 is 5.32 Å². The number of nitrogens with one attached hydrogen (secondary N) is 1. The number of ether oxygens (including phenoxy) is 1. The Morgan fingerprint density at radius 3 is 2.55 bits per heavy atom. The van der Waals surface area contributed by atoms with Gasteiger partial charge in [-0.25, -0.2) is 0 Å². The van der Waals surface area contributed by atoms with Gasteiger partial charge in [-0.15, -0.1) is 0 Å². The zero-order valence-corrected chi connectivity index (χ0v) is 21.3. The van der Waals surface area contributed by atoms with E-state index in [0.29, 0.717) is 18.1 Å². The molecule has 1 aromatic carbocycles. The lowest BCUT2D eigenvalue weighted by atomic mass is 9.48. The third kappa shape index (κ3) is 4.43. The second-order valence-corrected chi connectivity index (χ2v) is 12.4. The SMILES string of the molecule is CC[C@@H](NCc1ccccc1)C1CC[C@H]2[C@@H]3CC[C@@H]4C[C@@](O)(COC)CC[C@@H]4[C@H]3CC[C@]12C. The molecule has 2 N–H and O–H groups in total. The maximum absolute atomic E-state index is 11.0. The molecule has 184 valence electrons. The van der Waals surface area contributed by atoms with Crippen molar-refractivity contribution in [2.75, 3.05) is 13.7 Å². The molecule has 3 nitrogen and oxygen atoms in total. The van der Waals surface area contributed by atoms with Crippen molar-refractivity contribution in [3.63, 3.8) is 0 Å². The molecule has 0 bridgehead atoms. The summed E-state index contributed by atoms with van der Waals surface area (Å²) >= 11 is 0. The topological polar surface area (TPSA) is 41.5 Å². The summed E-state index contributed by atoms with van der Waals surface area (Å²) < 4.78 is 5.38. The number of benzene rings is 1. The van der Waals surface area contributed by atoms with Crippen molar-refractivity contribution < 1.29 is 9.84 Å². The van der Waals surface area contributed by atoms with Crippen LogP contribution >= 0.6 is 0 Å². The number of hydrogen-bond donors (Lipinski definition) is 2. The molecule has 3 heteroatoms. The number of fused-ring (bicyclic) bond motifs is 5. The predicted octanol–water partition coefficient (Wildman–Crippen LogP) is 6.20. The van der Waals surface area contributed by atoms with E-state index in [2.05, 4.69) is 49.5 Å². The lowest BCUT2D eigenvalue weighted by Crippen LogP contribution is -2.53. The Morgan fingerprint density at radius 2 is 1.79 bits per heavy atom. The maximum atomic E-state index is 11.0. The van der Waals surface area contributed by atoms with Crippen molar-refractivity contribution in [3.05, 3.63) is 35.9 Å². The monoisotopic (exact) mass is 453 g/mol. The minimum absolute atomic E-state index is 0.504. The molecular formula is C30H47NO2. The number of aliphatic hydroxyl groups is 1. The van der Waals surface area contributed by atoms with Gasteiger partial charge in [-0.2, -0.15) is 0 Å². The Kier molecular flexibility index (Phi) is 6.95. The second kappa shape index (κ2) is 9.63. The molecule has 33 heavy (non-hydrogen) atoms. The first-order chi connectivity index (χ1) is 16.0. The summed E-state index contributed by atoms with van der Waals surface area (Å²) in [5.74, 6) is 5.13. The highest BCUT2D eigenvalue weighted by Gasteiger charge is 2.58. The molecule has 4 aliphatic carbocycles. The fourth-order valence-corrected chi connectivity index (χ4v) is 9.48. The van der Waals surface area contributed by atoms with E-state index >= 15 is 0 Å². The fraction of sp³-hybridized carbons (Fsp3) is 0.800. The zero-order valence-electron chi connectivity index (χ0n) is 21.3. The largest absolute Gasteiger partial charge is 0.387 e. The first-order valence-electron chi connectivity index (χ1n) is 14.0. The van der Waals surface area contributed by atoms with Gasteiger partial charge in [0.2, 0.25) is 0 Å². The van der Waals surface area contributed by atoms with Crippen LogP contribution in [0.15, 0.2) is 30.3 Å². The van der Waals surface area contributed by atoms with Crippen LogP contribution in [0.25, 0.3) is 0 Å². The van der Waals surface area contributed by atoms with Crippen LogP contribution in [0.4, 0.5) is 0 Å². The summed E-state index contributed by atoms with van der Waals surface area (Å²) in [4.78, 5) is 0. The molecule has 9 atom stereocenters. The lowest BCUT2D eigenvalue weighted by molar-refractivity contribution is -0.125. The van der Waals surface area contributed by atoms with Gasteiger partial charge in [0, 0.05) is 19.7 Å². The number of hydrogen-bond acceptors (Lipinski definition) is 3. The van der Waals surface area contributed by atoms with Crippen LogP contribution in [0.2, 0.25) is 0 Å². The van der Waals surface area contributed by atoms with Crippen LogP contribution in [0.1, 0.15) is 83.6 Å². The zero-order chi connectivity index (χ0) is 23.1. The molecular weight excluding hydrogens is 406 g/mol. The van der Waals surface area contributed by atoms with Gasteiger partial charge in [-0.05, 0) is 111 Å². The average Bonchev–Trinajstić information content (AvgIpc) is 3.17. The number of rotatable bonds is 7. The van der Waals surface area contributed by atoms with E-state index in [4.69, 9.17) is 4.74 Å². The van der Waals surface area contributed by atoms with Crippen molar-refractivity contribution in [1.29, 1.82) is 0 Å². The van der Waals surface area contributed by atoms with E-state index in [1.54, 1.807) is 7.11 Å². The molecule has 1 unspecified atom stereocenters. The van der Waals surface area contributed by atoms with Gasteiger partial charge in [0.15, 0.2) is 0 Å². The molecule has 4 fully saturated rings. The van der Waals surface area contributed by atoms with Gasteiger partial charge in [-0.1, -0.05) is 44.2 Å². The highest BCUT2D eigenvalue weighted by Crippen LogP contribution is 2.65. The lowest BCUT2D eigenvalue weighted by Gasteiger charge is -2.57. The fourth-order valence-electron chi connectivity index (χ4n) is 9.48. The quantitative estimate of drug-likeness (QED) is 0.516. The van der Waals surface area contributed by atoms with Gasteiger partial charge in [0.25, 0.3) is 0 Å². The number of methoxy groups -OCH3 is 1. The molecule has 0 radical (unpaired) electrons. The van der Waals surface area contributed by atoms with Crippen LogP contribution in [-0.2, 0) is 11.3 Å². The molecule has 4 saturated carbocycles. The van der Waals surface area contributed by atoms with E-state index in [1.807, 2.05) is 0 Å². The van der Waals surface area contributed by atoms with Gasteiger partial charge < -0.3 is 15.2 Å². The van der Waals surface area contributed by atoms with E-state index in [1.165, 1.54) is 56.9 Å². The maximum Gasteiger partial charge on any atom is 0.0882 e. The van der Waals surface area contributed by atoms with Crippen molar-refractivity contribution in [2.24, 2.45) is 40.9 Å². The van der Waals surface area contributed by atoms with Crippen LogP contribution in [0.5, 0.6) is 0 Å². The van der Waals surface area contributed by atoms with Gasteiger partial charge >= 0.3 is 0 Å². The summed E-state index contributed by atoms with van der Waals surface area (Å²) in [6.07, 6.45) is 12.8. The van der Waals surface area contributed by atoms with Crippen LogP contribution in [0, 0.1) is 40.9 Å². The Morgan fingerprint density at radius 1 is 1.00 bits per heavy atom. The molecule has 0 amide bonds. The summed E-state index contributed by atoms with van der Waals surface area (Å²) in [5.41, 5.74) is 1.34. The molecule has 0 aromatic heterocycles. The highest BCUT2D eigenvalue weighted by atomic mass is 16.5. The summed E-state index contributed by atoms with van der Waals surface area (Å²) in [6.45, 7) is 6.57. The Hall–Kier alpha value is -0.900. The molecule has 5 rings (SSSR count). The molecule has 1 aromatic rings. The van der Waals surface area contributed by atoms with Gasteiger partial charge in [0.1, 0.15) is 0 Å². The summed E-state index contributed by atoms with van der Waals surface area (Å²) in [6, 6.07) is 11.6. The Bertz CT molecular complexity index is 783. The first-order valence-corrected chi connectivity index (χ1v) is 14.0. The Labute approximate surface area is 202 Å². The smallest absolute Gasteiger partial charge is 0.0882 e. The van der Waals surface area contributed by atoms with E-state index < -0.39 is 5.60 Å². The molecule has 0 saturated heterocycles. The molecule has 4 aliphatic rings. The second-order valence-electron chi connectivity index (χ2n) is 12.4. The third-order valence-electron chi connectivity index (χ3n) is 10.9. The van der Waals surface area contributed by atoms with Crippen molar-refractivity contribution >= 4 is 0 Å². The summed E-state index contributed by atoms with van der Waals surface area (Å²) in [5, 5.41) is 15.0. The van der Waals surface area contributed by atoms with Gasteiger partial charge in [-0.3, -0.25) is 0 Å². The minimum atomic E-state index is -0.566. The van der Waals surface area contributed by atoms with E-state index in [9.17, 15) is 5.11 Å². The first kappa shape index (κ1) is 23.8. The molecule has 0 spiro atoms. The van der Waals surface area contributed by atoms with E-state index in [0.717, 1.165) is 54.9 Å². The van der Waals surface area contributed by atoms with Crippen molar-refractivity contribution in [3.8, 4) is 0 Å². The van der Waals surface area contributed by atoms with Gasteiger partial charge in [0.05, 0.1) is 12.2 Å². The molecule has 0 aliphatic heterocycles. The molecule has 0 heterocycles. The summed E-state index contributed by atoms with van der Waals surface area (Å²) in [7, 11) is 1.73. The third-order valence-corrected chi connectivity index (χ3v) is 10.9. The standard InChI is InChI=1S/C30H47NO2/c1-4-28(31-19-21-8-6-5-7-9-21)27-13-12-26-25-11-10-22-18-30(32,20-33-3)17-15-23(22)24(25)14-16-29(26,27)2/h5-9,22-28,31-32H,4,10-20H2,1-3H3/t22-,23+,24-,25-,26+,27?,28-,29+,30-/m1/s1. The normalized spacial score (nSPS) is 43.4. The average molecular weight is 454 g/mol. The van der Waals surface area contributed by atoms with Crippen LogP contribution in [-0.4, -0.2) is 30.5 Å². The minimum Gasteiger partial charge on any atom is -0.387 e. The van der Waals surface area contributed by atoms with Crippen molar-refractivity contribution in [1.82, 2.24) is 5.32 Å². The van der Waals surface area contributed by atoms with E-state index in [-0.39, 0.29) is 0 Å². The predicted molar refractivity (Wildman–Crippen MR) is 135 cm³/mol. The van der Waals surface area contributed by atoms with Crippen molar-refractivity contribution in [2.45, 2.75) is 96.2 Å².